The highest BCUT2D eigenvalue weighted by Crippen LogP contribution is 2.24. The van der Waals surface area contributed by atoms with Gasteiger partial charge in [0.25, 0.3) is 0 Å². The van der Waals surface area contributed by atoms with Gasteiger partial charge in [-0.25, -0.2) is 0 Å². The fraction of sp³-hybridized carbons (Fsp3) is 0.158. The molecule has 0 saturated carbocycles. The highest BCUT2D eigenvalue weighted by molar-refractivity contribution is 9.10. The molecule has 1 atom stereocenters. The molecular formula is C19H18BrClNO2-. The van der Waals surface area contributed by atoms with Crippen LogP contribution in [-0.4, -0.2) is 11.7 Å². The quantitative estimate of drug-likeness (QED) is 0.651. The van der Waals surface area contributed by atoms with E-state index in [1.165, 1.54) is 0 Å². The van der Waals surface area contributed by atoms with Crippen molar-refractivity contribution in [3.05, 3.63) is 82.5 Å². The van der Waals surface area contributed by atoms with Gasteiger partial charge in [0.15, 0.2) is 0 Å². The second kappa shape index (κ2) is 9.04. The van der Waals surface area contributed by atoms with Crippen LogP contribution in [0, 0.1) is 0 Å². The van der Waals surface area contributed by atoms with Gasteiger partial charge in [0.1, 0.15) is 11.5 Å². The zero-order valence-corrected chi connectivity index (χ0v) is 15.3. The molecule has 5 heteroatoms. The molecule has 0 amide bonds. The molecule has 2 N–H and O–H groups in total. The van der Waals surface area contributed by atoms with Gasteiger partial charge in [0.2, 0.25) is 0 Å². The van der Waals surface area contributed by atoms with Crippen LogP contribution < -0.4 is 17.7 Å². The summed E-state index contributed by atoms with van der Waals surface area (Å²) in [7, 11) is 0. The predicted octanol–water partition coefficient (Wildman–Crippen LogP) is 1.54. The van der Waals surface area contributed by atoms with Gasteiger partial charge < -0.3 is 27.2 Å². The van der Waals surface area contributed by atoms with Gasteiger partial charge in [-0.15, -0.1) is 0 Å². The first-order valence-electron chi connectivity index (χ1n) is 7.51. The van der Waals surface area contributed by atoms with Crippen molar-refractivity contribution in [2.75, 3.05) is 6.54 Å². The topological polar surface area (TPSA) is 45.4 Å². The molecule has 126 valence electrons. The van der Waals surface area contributed by atoms with Crippen LogP contribution in [0.25, 0.3) is 11.3 Å². The van der Waals surface area contributed by atoms with Gasteiger partial charge in [0, 0.05) is 16.6 Å². The van der Waals surface area contributed by atoms with Crippen molar-refractivity contribution in [3.63, 3.8) is 0 Å². The molecule has 0 bridgehead atoms. The number of halogens is 2. The Morgan fingerprint density at radius 2 is 1.67 bits per heavy atom. The molecule has 3 nitrogen and oxygen atoms in total. The van der Waals surface area contributed by atoms with Gasteiger partial charge in [-0.05, 0) is 29.8 Å². The number of furan rings is 1. The molecule has 1 unspecified atom stereocenters. The molecule has 0 aliphatic carbocycles. The predicted molar refractivity (Wildman–Crippen MR) is 95.0 cm³/mol. The maximum Gasteiger partial charge on any atom is 0.134 e. The molecular weight excluding hydrogens is 390 g/mol. The summed E-state index contributed by atoms with van der Waals surface area (Å²) in [5.41, 5.74) is 1.96. The zero-order chi connectivity index (χ0) is 16.1. The van der Waals surface area contributed by atoms with E-state index in [1.807, 2.05) is 66.7 Å². The number of aliphatic hydroxyl groups excluding tert-OH is 1. The van der Waals surface area contributed by atoms with E-state index in [0.29, 0.717) is 13.1 Å². The minimum atomic E-state index is -0.517. The third-order valence-corrected chi connectivity index (χ3v) is 4.14. The monoisotopic (exact) mass is 406 g/mol. The first kappa shape index (κ1) is 18.7. The molecule has 0 fully saturated rings. The maximum absolute atomic E-state index is 10.1. The van der Waals surface area contributed by atoms with E-state index in [1.54, 1.807) is 0 Å². The molecule has 24 heavy (non-hydrogen) atoms. The Labute approximate surface area is 156 Å². The minimum Gasteiger partial charge on any atom is -1.00 e. The summed E-state index contributed by atoms with van der Waals surface area (Å²) >= 11 is 3.43. The molecule has 0 radical (unpaired) electrons. The van der Waals surface area contributed by atoms with Crippen LogP contribution in [0.15, 0.2) is 75.6 Å². The largest absolute Gasteiger partial charge is 1.00 e. The van der Waals surface area contributed by atoms with Crippen LogP contribution in [0.5, 0.6) is 0 Å². The molecule has 2 aromatic carbocycles. The van der Waals surface area contributed by atoms with Crippen LogP contribution in [0.4, 0.5) is 0 Å². The van der Waals surface area contributed by atoms with Crippen molar-refractivity contribution in [3.8, 4) is 11.3 Å². The first-order chi connectivity index (χ1) is 11.2. The van der Waals surface area contributed by atoms with E-state index in [2.05, 4.69) is 21.2 Å². The lowest BCUT2D eigenvalue weighted by atomic mass is 10.1. The van der Waals surface area contributed by atoms with E-state index < -0.39 is 6.10 Å². The molecule has 0 aliphatic rings. The summed E-state index contributed by atoms with van der Waals surface area (Å²) < 4.78 is 6.88. The summed E-state index contributed by atoms with van der Waals surface area (Å²) in [6.45, 7) is 1.07. The molecule has 0 spiro atoms. The Hall–Kier alpha value is -1.59. The van der Waals surface area contributed by atoms with E-state index in [4.69, 9.17) is 4.42 Å². The standard InChI is InChI=1S/C19H18BrNO2.ClH/c20-16-8-6-15(7-9-16)19-11-10-17(23-19)12-21-13-18(22)14-4-2-1-3-5-14;/h1-11,18,21-22H,12-13H2;1H/p-1. The van der Waals surface area contributed by atoms with Crippen molar-refractivity contribution < 1.29 is 21.9 Å². The Morgan fingerprint density at radius 1 is 0.958 bits per heavy atom. The fourth-order valence-electron chi connectivity index (χ4n) is 2.37. The number of benzene rings is 2. The lowest BCUT2D eigenvalue weighted by Gasteiger charge is -2.11. The van der Waals surface area contributed by atoms with Gasteiger partial charge in [-0.2, -0.15) is 0 Å². The Balaban J connectivity index is 0.00000208. The van der Waals surface area contributed by atoms with Crippen molar-refractivity contribution in [1.82, 2.24) is 5.32 Å². The molecule has 1 heterocycles. The van der Waals surface area contributed by atoms with Crippen molar-refractivity contribution >= 4 is 15.9 Å². The van der Waals surface area contributed by atoms with Crippen molar-refractivity contribution in [2.24, 2.45) is 0 Å². The SMILES string of the molecule is OC(CNCc1ccc(-c2ccc(Br)cc2)o1)c1ccccc1.[Cl-]. The first-order valence-corrected chi connectivity index (χ1v) is 8.30. The van der Waals surface area contributed by atoms with Crippen molar-refractivity contribution in [2.45, 2.75) is 12.6 Å². The van der Waals surface area contributed by atoms with Gasteiger partial charge in [-0.1, -0.05) is 58.4 Å². The van der Waals surface area contributed by atoms with Crippen molar-refractivity contribution in [1.29, 1.82) is 0 Å². The molecule has 3 rings (SSSR count). The number of nitrogens with one attached hydrogen (secondary N) is 1. The summed E-state index contributed by atoms with van der Waals surface area (Å²) in [5.74, 6) is 1.70. The Bertz CT molecular complexity index is 744. The molecule has 3 aromatic rings. The minimum absolute atomic E-state index is 0. The zero-order valence-electron chi connectivity index (χ0n) is 13.0. The number of hydrogen-bond donors (Lipinski definition) is 2. The third kappa shape index (κ3) is 4.95. The number of rotatable bonds is 6. The number of hydrogen-bond acceptors (Lipinski definition) is 3. The average Bonchev–Trinajstić information content (AvgIpc) is 3.05. The second-order valence-corrected chi connectivity index (χ2v) is 6.25. The highest BCUT2D eigenvalue weighted by atomic mass is 79.9. The molecule has 0 saturated heterocycles. The maximum atomic E-state index is 10.1. The smallest absolute Gasteiger partial charge is 0.134 e. The van der Waals surface area contributed by atoms with Crippen LogP contribution in [0.2, 0.25) is 0 Å². The Kier molecular flexibility index (Phi) is 7.06. The van der Waals surface area contributed by atoms with E-state index in [-0.39, 0.29) is 12.4 Å². The summed E-state index contributed by atoms with van der Waals surface area (Å²) in [5, 5.41) is 13.3. The second-order valence-electron chi connectivity index (χ2n) is 5.33. The number of aliphatic hydroxyl groups is 1. The van der Waals surface area contributed by atoms with Crippen LogP contribution in [0.1, 0.15) is 17.4 Å². The molecule has 1 aromatic heterocycles. The van der Waals surface area contributed by atoms with E-state index in [0.717, 1.165) is 27.1 Å². The normalized spacial score (nSPS) is 11.8. The summed E-state index contributed by atoms with van der Waals surface area (Å²) in [6, 6.07) is 21.6. The van der Waals surface area contributed by atoms with E-state index in [9.17, 15) is 5.11 Å². The summed E-state index contributed by atoms with van der Waals surface area (Å²) in [4.78, 5) is 0. The Morgan fingerprint density at radius 3 is 2.38 bits per heavy atom. The van der Waals surface area contributed by atoms with Crippen LogP contribution >= 0.6 is 15.9 Å². The average molecular weight is 408 g/mol. The lowest BCUT2D eigenvalue weighted by molar-refractivity contribution is -0.00000679. The fourth-order valence-corrected chi connectivity index (χ4v) is 2.63. The van der Waals surface area contributed by atoms with Gasteiger partial charge in [0.05, 0.1) is 12.6 Å². The molecule has 0 aliphatic heterocycles. The third-order valence-electron chi connectivity index (χ3n) is 3.61. The van der Waals surface area contributed by atoms with Gasteiger partial charge >= 0.3 is 0 Å². The van der Waals surface area contributed by atoms with Crippen LogP contribution in [-0.2, 0) is 6.54 Å². The van der Waals surface area contributed by atoms with E-state index >= 15 is 0 Å². The highest BCUT2D eigenvalue weighted by Gasteiger charge is 2.08. The lowest BCUT2D eigenvalue weighted by Crippen LogP contribution is -3.00. The van der Waals surface area contributed by atoms with Crippen LogP contribution in [0.3, 0.4) is 0 Å². The summed E-state index contributed by atoms with van der Waals surface area (Å²) in [6.07, 6.45) is -0.517. The van der Waals surface area contributed by atoms with Gasteiger partial charge in [-0.3, -0.25) is 0 Å².